The summed E-state index contributed by atoms with van der Waals surface area (Å²) < 4.78 is 5.51. The number of nitrogens with zero attached hydrogens (tertiary/aromatic N) is 5. The molecule has 5 heterocycles. The lowest BCUT2D eigenvalue weighted by Gasteiger charge is -2.52. The Labute approximate surface area is 192 Å². The minimum Gasteiger partial charge on any atom is -0.381 e. The Balaban J connectivity index is 1.17. The molecule has 9 heteroatoms. The van der Waals surface area contributed by atoms with Crippen LogP contribution in [0.4, 0.5) is 23.3 Å². The maximum absolute atomic E-state index is 5.51. The molecule has 3 aromatic rings. The average molecular weight is 450 g/mol. The predicted octanol–water partition coefficient (Wildman–Crippen LogP) is 4.09. The van der Waals surface area contributed by atoms with Crippen LogP contribution in [0.15, 0.2) is 53.9 Å². The van der Waals surface area contributed by atoms with E-state index in [1.54, 1.807) is 18.0 Å². The molecule has 0 radical (unpaired) electrons. The van der Waals surface area contributed by atoms with Gasteiger partial charge in [-0.2, -0.15) is 0 Å². The van der Waals surface area contributed by atoms with E-state index in [9.17, 15) is 0 Å². The van der Waals surface area contributed by atoms with Gasteiger partial charge in [-0.15, -0.1) is 11.8 Å². The van der Waals surface area contributed by atoms with Crippen molar-refractivity contribution in [2.75, 3.05) is 43.2 Å². The van der Waals surface area contributed by atoms with Crippen LogP contribution >= 0.6 is 11.8 Å². The molecule has 2 fully saturated rings. The van der Waals surface area contributed by atoms with E-state index < -0.39 is 0 Å². The van der Waals surface area contributed by atoms with Crippen LogP contribution in [0.2, 0.25) is 0 Å². The molecule has 1 spiro atoms. The molecule has 0 aromatic carbocycles. The lowest BCUT2D eigenvalue weighted by Crippen LogP contribution is -2.57. The normalized spacial score (nSPS) is 17.7. The summed E-state index contributed by atoms with van der Waals surface area (Å²) in [5.74, 6) is 2.88. The molecule has 32 heavy (non-hydrogen) atoms. The molecule has 0 atom stereocenters. The maximum Gasteiger partial charge on any atom is 0.145 e. The molecule has 8 nitrogen and oxygen atoms in total. The van der Waals surface area contributed by atoms with Crippen molar-refractivity contribution in [2.24, 2.45) is 5.41 Å². The van der Waals surface area contributed by atoms with Crippen LogP contribution in [0.3, 0.4) is 0 Å². The second-order valence-electron chi connectivity index (χ2n) is 8.40. The van der Waals surface area contributed by atoms with Crippen LogP contribution in [0, 0.1) is 5.41 Å². The summed E-state index contributed by atoms with van der Waals surface area (Å²) in [5, 5.41) is 6.52. The van der Waals surface area contributed by atoms with Crippen LogP contribution < -0.4 is 10.6 Å². The highest BCUT2D eigenvalue weighted by atomic mass is 32.2. The highest BCUT2D eigenvalue weighted by molar-refractivity contribution is 7.98. The molecule has 2 saturated heterocycles. The first-order valence-electron chi connectivity index (χ1n) is 10.8. The van der Waals surface area contributed by atoms with Gasteiger partial charge in [-0.05, 0) is 42.9 Å². The molecule has 0 aliphatic carbocycles. The van der Waals surface area contributed by atoms with Crippen molar-refractivity contribution in [1.29, 1.82) is 0 Å². The lowest BCUT2D eigenvalue weighted by molar-refractivity contribution is -0.0839. The number of likely N-dealkylation sites (tertiary alicyclic amines) is 1. The van der Waals surface area contributed by atoms with Crippen LogP contribution in [-0.2, 0) is 11.3 Å². The fourth-order valence-corrected chi connectivity index (χ4v) is 4.89. The van der Waals surface area contributed by atoms with Gasteiger partial charge in [-0.25, -0.2) is 19.9 Å². The summed E-state index contributed by atoms with van der Waals surface area (Å²) in [6.45, 7) is 5.11. The molecule has 3 aromatic heterocycles. The first-order valence-corrected chi connectivity index (χ1v) is 12.0. The van der Waals surface area contributed by atoms with Gasteiger partial charge < -0.3 is 15.4 Å². The number of aromatic nitrogens is 4. The number of hydrogen-bond donors (Lipinski definition) is 2. The number of rotatable bonds is 7. The van der Waals surface area contributed by atoms with E-state index in [0.717, 1.165) is 36.3 Å². The number of nitrogens with one attached hydrogen (secondary N) is 2. The Kier molecular flexibility index (Phi) is 6.20. The average Bonchev–Trinajstić information content (AvgIpc) is 2.81. The van der Waals surface area contributed by atoms with E-state index >= 15 is 0 Å². The van der Waals surface area contributed by atoms with Gasteiger partial charge in [0.25, 0.3) is 0 Å². The van der Waals surface area contributed by atoms with Gasteiger partial charge in [0.15, 0.2) is 0 Å². The molecule has 2 N–H and O–H groups in total. The van der Waals surface area contributed by atoms with Crippen LogP contribution in [0.5, 0.6) is 0 Å². The summed E-state index contributed by atoms with van der Waals surface area (Å²) >= 11 is 1.64. The number of pyridine rings is 2. The topological polar surface area (TPSA) is 88.1 Å². The second-order valence-corrected chi connectivity index (χ2v) is 9.25. The lowest BCUT2D eigenvalue weighted by atomic mass is 9.73. The third-order valence-electron chi connectivity index (χ3n) is 6.06. The Bertz CT molecular complexity index is 1050. The monoisotopic (exact) mass is 449 g/mol. The van der Waals surface area contributed by atoms with Gasteiger partial charge >= 0.3 is 0 Å². The van der Waals surface area contributed by atoms with Crippen LogP contribution in [0.1, 0.15) is 18.4 Å². The third kappa shape index (κ3) is 4.85. The van der Waals surface area contributed by atoms with Crippen LogP contribution in [-0.4, -0.2) is 57.4 Å². The quantitative estimate of drug-likeness (QED) is 0.518. The number of thioether (sulfide) groups is 1. The van der Waals surface area contributed by atoms with Gasteiger partial charge in [0.05, 0.1) is 0 Å². The van der Waals surface area contributed by atoms with Crippen molar-refractivity contribution in [2.45, 2.75) is 24.3 Å². The molecule has 0 amide bonds. The zero-order chi connectivity index (χ0) is 21.8. The summed E-state index contributed by atoms with van der Waals surface area (Å²) in [4.78, 5) is 21.1. The standard InChI is InChI=1S/C23H27N7OS/c1-32-18-3-2-8-24-22(18)29-21-11-20(26-16-27-21)28-19-5-4-17(12-25-19)13-30-14-23(15-30)6-9-31-10-7-23/h2-5,8,11-12,16H,6-7,9-10,13-15H2,1H3,(H2,24,25,26,27,28,29). The molecule has 2 aliphatic rings. The van der Waals surface area contributed by atoms with Crippen molar-refractivity contribution in [3.63, 3.8) is 0 Å². The van der Waals surface area contributed by atoms with Crippen molar-refractivity contribution in [1.82, 2.24) is 24.8 Å². The molecule has 0 saturated carbocycles. The van der Waals surface area contributed by atoms with E-state index in [4.69, 9.17) is 4.74 Å². The Morgan fingerprint density at radius 2 is 1.81 bits per heavy atom. The SMILES string of the molecule is CSc1cccnc1Nc1cc(Nc2ccc(CN3CC4(CCOCC4)C3)cn2)ncn1. The highest BCUT2D eigenvalue weighted by Crippen LogP contribution is 2.40. The van der Waals surface area contributed by atoms with Crippen molar-refractivity contribution in [3.8, 4) is 0 Å². The molecular formula is C23H27N7OS. The molecule has 0 bridgehead atoms. The summed E-state index contributed by atoms with van der Waals surface area (Å²) in [6, 6.07) is 9.92. The zero-order valence-corrected chi connectivity index (χ0v) is 18.9. The van der Waals surface area contributed by atoms with Crippen LogP contribution in [0.25, 0.3) is 0 Å². The predicted molar refractivity (Wildman–Crippen MR) is 127 cm³/mol. The Hall–Kier alpha value is -2.75. The molecule has 166 valence electrons. The highest BCUT2D eigenvalue weighted by Gasteiger charge is 2.43. The molecule has 2 aliphatic heterocycles. The smallest absolute Gasteiger partial charge is 0.145 e. The number of hydrogen-bond acceptors (Lipinski definition) is 9. The van der Waals surface area contributed by atoms with Gasteiger partial charge in [-0.1, -0.05) is 6.07 Å². The van der Waals surface area contributed by atoms with Crippen molar-refractivity contribution in [3.05, 3.63) is 54.6 Å². The Morgan fingerprint density at radius 1 is 1.00 bits per heavy atom. The second kappa shape index (κ2) is 9.40. The van der Waals surface area contributed by atoms with Gasteiger partial charge in [-0.3, -0.25) is 4.90 Å². The Morgan fingerprint density at radius 3 is 2.56 bits per heavy atom. The van der Waals surface area contributed by atoms with Gasteiger partial charge in [0, 0.05) is 61.6 Å². The summed E-state index contributed by atoms with van der Waals surface area (Å²) in [5.41, 5.74) is 1.72. The maximum atomic E-state index is 5.51. The van der Waals surface area contributed by atoms with Gasteiger partial charge in [0.1, 0.15) is 29.6 Å². The van der Waals surface area contributed by atoms with E-state index in [0.29, 0.717) is 17.1 Å². The van der Waals surface area contributed by atoms with E-state index in [2.05, 4.69) is 41.5 Å². The zero-order valence-electron chi connectivity index (χ0n) is 18.1. The summed E-state index contributed by atoms with van der Waals surface area (Å²) in [7, 11) is 0. The molecule has 5 rings (SSSR count). The first kappa shape index (κ1) is 21.1. The fourth-order valence-electron chi connectivity index (χ4n) is 4.38. The van der Waals surface area contributed by atoms with Crippen molar-refractivity contribution >= 4 is 35.0 Å². The molecular weight excluding hydrogens is 422 g/mol. The number of ether oxygens (including phenoxy) is 1. The van der Waals surface area contributed by atoms with E-state index in [1.165, 1.54) is 37.8 Å². The minimum absolute atomic E-state index is 0.498. The van der Waals surface area contributed by atoms with E-state index in [-0.39, 0.29) is 0 Å². The third-order valence-corrected chi connectivity index (χ3v) is 6.83. The number of anilines is 4. The minimum atomic E-state index is 0.498. The van der Waals surface area contributed by atoms with Gasteiger partial charge in [0.2, 0.25) is 0 Å². The molecule has 0 unspecified atom stereocenters. The van der Waals surface area contributed by atoms with E-state index in [1.807, 2.05) is 36.7 Å². The fraction of sp³-hybridized carbons (Fsp3) is 0.391. The largest absolute Gasteiger partial charge is 0.381 e. The first-order chi connectivity index (χ1) is 15.7. The van der Waals surface area contributed by atoms with Crippen molar-refractivity contribution < 1.29 is 4.74 Å². The summed E-state index contributed by atoms with van der Waals surface area (Å²) in [6.07, 6.45) is 9.64.